The predicted octanol–water partition coefficient (Wildman–Crippen LogP) is 2.11. The highest BCUT2D eigenvalue weighted by molar-refractivity contribution is 5.46. The molecule has 0 aliphatic carbocycles. The van der Waals surface area contributed by atoms with E-state index in [9.17, 15) is 4.79 Å². The van der Waals surface area contributed by atoms with Gasteiger partial charge in [-0.3, -0.25) is 19.2 Å². The molecule has 1 saturated heterocycles. The Morgan fingerprint density at radius 3 is 2.92 bits per heavy atom. The Morgan fingerprint density at radius 1 is 1.33 bits per heavy atom. The molecule has 0 amide bonds. The zero-order chi connectivity index (χ0) is 16.5. The largest absolute Gasteiger partial charge is 0.297 e. The second kappa shape index (κ2) is 6.20. The lowest BCUT2D eigenvalue weighted by Crippen LogP contribution is -2.33. The highest BCUT2D eigenvalue weighted by Gasteiger charge is 2.21. The van der Waals surface area contributed by atoms with Crippen LogP contribution in [0.15, 0.2) is 41.6 Å². The first-order chi connectivity index (χ1) is 11.7. The summed E-state index contributed by atoms with van der Waals surface area (Å²) in [6, 6.07) is 5.53. The van der Waals surface area contributed by atoms with Crippen molar-refractivity contribution in [1.29, 1.82) is 0 Å². The molecule has 1 aliphatic heterocycles. The summed E-state index contributed by atoms with van der Waals surface area (Å²) >= 11 is 0. The van der Waals surface area contributed by atoms with Gasteiger partial charge in [0, 0.05) is 25.0 Å². The fourth-order valence-electron chi connectivity index (χ4n) is 3.53. The van der Waals surface area contributed by atoms with Crippen molar-refractivity contribution >= 4 is 5.65 Å². The second-order valence-electron chi connectivity index (χ2n) is 6.55. The number of H-pyrrole nitrogens is 1. The molecule has 1 aliphatic rings. The van der Waals surface area contributed by atoms with Gasteiger partial charge in [-0.25, -0.2) is 4.98 Å². The molecule has 0 spiro atoms. The van der Waals surface area contributed by atoms with Crippen LogP contribution in [0.4, 0.5) is 0 Å². The smallest absolute Gasteiger partial charge is 0.258 e. The molecule has 24 heavy (non-hydrogen) atoms. The minimum atomic E-state index is -0.00742. The van der Waals surface area contributed by atoms with Crippen LogP contribution in [0.1, 0.15) is 35.6 Å². The highest BCUT2D eigenvalue weighted by Crippen LogP contribution is 2.27. The van der Waals surface area contributed by atoms with Crippen LogP contribution in [0, 0.1) is 6.92 Å². The van der Waals surface area contributed by atoms with Crippen molar-refractivity contribution in [3.8, 4) is 0 Å². The van der Waals surface area contributed by atoms with Crippen LogP contribution >= 0.6 is 0 Å². The van der Waals surface area contributed by atoms with E-state index in [1.54, 1.807) is 16.7 Å². The van der Waals surface area contributed by atoms with E-state index in [-0.39, 0.29) is 5.56 Å². The molecule has 1 fully saturated rings. The van der Waals surface area contributed by atoms with Gasteiger partial charge in [0.25, 0.3) is 5.56 Å². The summed E-state index contributed by atoms with van der Waals surface area (Å²) in [5.41, 5.74) is 3.93. The number of nitrogens with one attached hydrogen (secondary N) is 1. The Balaban J connectivity index is 1.49. The molecule has 0 atom stereocenters. The topological polar surface area (TPSA) is 66.3 Å². The maximum absolute atomic E-state index is 12.3. The summed E-state index contributed by atoms with van der Waals surface area (Å²) < 4.78 is 1.62. The number of likely N-dealkylation sites (tertiary alicyclic amines) is 1. The Labute approximate surface area is 140 Å². The fraction of sp³-hybridized carbons (Fsp3) is 0.389. The third kappa shape index (κ3) is 2.85. The summed E-state index contributed by atoms with van der Waals surface area (Å²) in [6.07, 6.45) is 7.93. The summed E-state index contributed by atoms with van der Waals surface area (Å²) in [5.74, 6) is 0.581. The number of hydrogen-bond acceptors (Lipinski definition) is 4. The first kappa shape index (κ1) is 15.1. The Kier molecular flexibility index (Phi) is 3.90. The molecular weight excluding hydrogens is 302 g/mol. The Bertz CT molecular complexity index is 891. The monoisotopic (exact) mass is 323 g/mol. The van der Waals surface area contributed by atoms with Crippen LogP contribution in [0.3, 0.4) is 0 Å². The molecule has 0 aromatic carbocycles. The maximum Gasteiger partial charge on any atom is 0.258 e. The summed E-state index contributed by atoms with van der Waals surface area (Å²) in [4.78, 5) is 19.4. The van der Waals surface area contributed by atoms with Crippen LogP contribution in [0.2, 0.25) is 0 Å². The molecule has 6 nitrogen and oxygen atoms in total. The van der Waals surface area contributed by atoms with Gasteiger partial charge in [-0.15, -0.1) is 0 Å². The number of aromatic nitrogens is 4. The number of piperidine rings is 1. The summed E-state index contributed by atoms with van der Waals surface area (Å²) in [7, 11) is 0. The van der Waals surface area contributed by atoms with E-state index >= 15 is 0 Å². The number of nitrogens with zero attached hydrogens (tertiary/aromatic N) is 4. The van der Waals surface area contributed by atoms with Gasteiger partial charge in [0.2, 0.25) is 0 Å². The molecule has 3 aromatic heterocycles. The third-order valence-electron chi connectivity index (χ3n) is 4.90. The van der Waals surface area contributed by atoms with E-state index < -0.39 is 0 Å². The van der Waals surface area contributed by atoms with Crippen LogP contribution in [0.25, 0.3) is 5.65 Å². The Morgan fingerprint density at radius 2 is 2.17 bits per heavy atom. The van der Waals surface area contributed by atoms with Gasteiger partial charge >= 0.3 is 0 Å². The molecule has 4 rings (SSSR count). The molecule has 124 valence electrons. The molecule has 0 saturated carbocycles. The van der Waals surface area contributed by atoms with Gasteiger partial charge in [-0.05, 0) is 56.0 Å². The van der Waals surface area contributed by atoms with Crippen molar-refractivity contribution in [2.24, 2.45) is 0 Å². The van der Waals surface area contributed by atoms with E-state index in [2.05, 4.69) is 15.1 Å². The van der Waals surface area contributed by atoms with Crippen molar-refractivity contribution in [3.63, 3.8) is 0 Å². The van der Waals surface area contributed by atoms with Gasteiger partial charge in [0.1, 0.15) is 5.65 Å². The summed E-state index contributed by atoms with van der Waals surface area (Å²) in [6.45, 7) is 4.76. The number of aryl methyl sites for hydroxylation is 1. The number of pyridine rings is 1. The lowest BCUT2D eigenvalue weighted by Gasteiger charge is -2.31. The minimum Gasteiger partial charge on any atom is -0.297 e. The molecule has 4 heterocycles. The number of rotatable bonds is 3. The average Bonchev–Trinajstić information content (AvgIpc) is 3.11. The van der Waals surface area contributed by atoms with E-state index in [1.807, 2.05) is 31.5 Å². The van der Waals surface area contributed by atoms with Gasteiger partial charge in [-0.1, -0.05) is 6.07 Å². The molecule has 0 unspecified atom stereocenters. The fourth-order valence-corrected chi connectivity index (χ4v) is 3.53. The van der Waals surface area contributed by atoms with E-state index in [4.69, 9.17) is 4.98 Å². The molecule has 1 N–H and O–H groups in total. The quantitative estimate of drug-likeness (QED) is 0.802. The summed E-state index contributed by atoms with van der Waals surface area (Å²) in [5, 5.41) is 6.94. The van der Waals surface area contributed by atoms with Crippen LogP contribution in [0.5, 0.6) is 0 Å². The van der Waals surface area contributed by atoms with Gasteiger partial charge in [0.05, 0.1) is 11.9 Å². The third-order valence-corrected chi connectivity index (χ3v) is 4.90. The van der Waals surface area contributed by atoms with Crippen molar-refractivity contribution in [1.82, 2.24) is 24.5 Å². The normalized spacial score (nSPS) is 16.7. The number of fused-ring (bicyclic) bond motifs is 1. The van der Waals surface area contributed by atoms with Crippen LogP contribution in [-0.4, -0.2) is 37.6 Å². The van der Waals surface area contributed by atoms with Crippen LogP contribution < -0.4 is 5.56 Å². The standard InChI is InChI=1S/C18H21N5O/c1-13-3-2-6-23-17(24)9-16(21-18(13)23)12-22-7-4-14(5-8-22)15-10-19-20-11-15/h2-3,6,9-11,14H,4-5,7-8,12H2,1H3,(H,19,20). The maximum atomic E-state index is 12.3. The molecule has 0 radical (unpaired) electrons. The molecule has 6 heteroatoms. The van der Waals surface area contributed by atoms with Gasteiger partial charge < -0.3 is 0 Å². The van der Waals surface area contributed by atoms with Crippen molar-refractivity contribution in [2.75, 3.05) is 13.1 Å². The molecule has 0 bridgehead atoms. The van der Waals surface area contributed by atoms with E-state index in [0.29, 0.717) is 5.92 Å². The highest BCUT2D eigenvalue weighted by atomic mass is 16.1. The van der Waals surface area contributed by atoms with Crippen molar-refractivity contribution in [3.05, 3.63) is 64.0 Å². The van der Waals surface area contributed by atoms with Crippen LogP contribution in [-0.2, 0) is 6.54 Å². The van der Waals surface area contributed by atoms with Crippen molar-refractivity contribution in [2.45, 2.75) is 32.2 Å². The molecule has 3 aromatic rings. The minimum absolute atomic E-state index is 0.00742. The SMILES string of the molecule is Cc1cccn2c(=O)cc(CN3CCC(c4cn[nH]c4)CC3)nc12. The molecular formula is C18H21N5O. The predicted molar refractivity (Wildman–Crippen MR) is 92.0 cm³/mol. The second-order valence-corrected chi connectivity index (χ2v) is 6.55. The lowest BCUT2D eigenvalue weighted by atomic mass is 9.91. The number of hydrogen-bond donors (Lipinski definition) is 1. The van der Waals surface area contributed by atoms with Gasteiger partial charge in [0.15, 0.2) is 0 Å². The zero-order valence-electron chi connectivity index (χ0n) is 13.8. The first-order valence-electron chi connectivity index (χ1n) is 8.39. The average molecular weight is 323 g/mol. The van der Waals surface area contributed by atoms with Crippen molar-refractivity contribution < 1.29 is 0 Å². The lowest BCUT2D eigenvalue weighted by molar-refractivity contribution is 0.202. The number of aromatic amines is 1. The van der Waals surface area contributed by atoms with Gasteiger partial charge in [-0.2, -0.15) is 5.10 Å². The Hall–Kier alpha value is -2.47. The first-order valence-corrected chi connectivity index (χ1v) is 8.39. The van der Waals surface area contributed by atoms with E-state index in [1.165, 1.54) is 5.56 Å². The zero-order valence-corrected chi connectivity index (χ0v) is 13.8. The van der Waals surface area contributed by atoms with E-state index in [0.717, 1.165) is 49.4 Å².